The zero-order chi connectivity index (χ0) is 20.1. The summed E-state index contributed by atoms with van der Waals surface area (Å²) >= 11 is 3.22. The Hall–Kier alpha value is -3.19. The van der Waals surface area contributed by atoms with Crippen LogP contribution in [-0.4, -0.2) is 30.4 Å². The molecule has 1 aliphatic carbocycles. The van der Waals surface area contributed by atoms with Crippen LogP contribution in [0.1, 0.15) is 0 Å². The van der Waals surface area contributed by atoms with E-state index < -0.39 is 0 Å². The molecular formula is C22H17BrN3O3+. The molecule has 0 atom stereocenters. The highest BCUT2D eigenvalue weighted by Crippen LogP contribution is 2.36. The Balaban J connectivity index is 2.16. The minimum atomic E-state index is -0.268. The second-order valence-corrected chi connectivity index (χ2v) is 7.28. The molecule has 0 spiro atoms. The molecule has 3 aromatic rings. The van der Waals surface area contributed by atoms with Gasteiger partial charge in [0, 0.05) is 22.6 Å². The molecule has 0 saturated heterocycles. The molecule has 5 rings (SSSR count). The lowest BCUT2D eigenvalue weighted by molar-refractivity contribution is -0.523. The molecule has 7 heteroatoms. The number of alkyl halides is 1. The molecular weight excluding hydrogens is 434 g/mol. The van der Waals surface area contributed by atoms with E-state index in [1.165, 1.54) is 0 Å². The fraction of sp³-hybridized carbons (Fsp3) is 0.136. The van der Waals surface area contributed by atoms with Crippen LogP contribution in [0.15, 0.2) is 53.6 Å². The van der Waals surface area contributed by atoms with E-state index in [2.05, 4.69) is 32.1 Å². The molecule has 1 N–H and O–H groups in total. The van der Waals surface area contributed by atoms with Gasteiger partial charge in [0.25, 0.3) is 10.9 Å². The number of benzene rings is 3. The number of nitrogens with one attached hydrogen (secondary N) is 1. The van der Waals surface area contributed by atoms with Crippen LogP contribution in [0.3, 0.4) is 0 Å². The Morgan fingerprint density at radius 3 is 2.72 bits per heavy atom. The number of H-pyrrole nitrogens is 1. The van der Waals surface area contributed by atoms with Crippen molar-refractivity contribution in [1.29, 1.82) is 0 Å². The number of carbonyl (C=O) groups is 1. The first kappa shape index (κ1) is 17.9. The molecule has 1 amide bonds. The van der Waals surface area contributed by atoms with Crippen LogP contribution in [0.2, 0.25) is 0 Å². The molecule has 1 aliphatic heterocycles. The van der Waals surface area contributed by atoms with E-state index in [9.17, 15) is 4.79 Å². The number of aromatic amines is 1. The zero-order valence-electron chi connectivity index (χ0n) is 15.8. The van der Waals surface area contributed by atoms with Crippen LogP contribution in [0.5, 0.6) is 11.5 Å². The van der Waals surface area contributed by atoms with Crippen molar-refractivity contribution in [2.75, 3.05) is 19.5 Å². The smallest absolute Gasteiger partial charge is 0.319 e. The van der Waals surface area contributed by atoms with E-state index in [1.807, 2.05) is 42.5 Å². The SMILES string of the molecule is COc1ccc2c(c1)[nH]c1c3c(OC)ccc4cccc(c=1[n+]2=NC(=O)CBr)c43. The van der Waals surface area contributed by atoms with Gasteiger partial charge in [0.15, 0.2) is 0 Å². The van der Waals surface area contributed by atoms with Gasteiger partial charge in [-0.15, -0.1) is 0 Å². The maximum Gasteiger partial charge on any atom is 0.319 e. The standard InChI is InChI=1S/C22H16BrN3O3/c1-28-13-7-8-16-15(10-13)24-21-20-17(29-2)9-6-12-4-3-5-14(19(12)20)22(21)26(16)25-18(27)11-23/h3-10H,11H2,1-2H3/p+1. The Labute approximate surface area is 173 Å². The van der Waals surface area contributed by atoms with Crippen LogP contribution >= 0.6 is 15.9 Å². The summed E-state index contributed by atoms with van der Waals surface area (Å²) in [5, 5.41) is 10.4. The number of methoxy groups -OCH3 is 2. The van der Waals surface area contributed by atoms with E-state index in [-0.39, 0.29) is 11.2 Å². The third-order valence-corrected chi connectivity index (χ3v) is 5.68. The summed E-state index contributed by atoms with van der Waals surface area (Å²) in [5.74, 6) is 1.21. The lowest BCUT2D eigenvalue weighted by atomic mass is 10.1. The Morgan fingerprint density at radius 1 is 1.10 bits per heavy atom. The van der Waals surface area contributed by atoms with E-state index in [1.54, 1.807) is 18.6 Å². The summed E-state index contributed by atoms with van der Waals surface area (Å²) in [5.41, 5.74) is 1.59. The van der Waals surface area contributed by atoms with Crippen molar-refractivity contribution in [3.63, 3.8) is 0 Å². The maximum absolute atomic E-state index is 12.3. The van der Waals surface area contributed by atoms with E-state index in [4.69, 9.17) is 9.47 Å². The maximum atomic E-state index is 12.3. The van der Waals surface area contributed by atoms with Gasteiger partial charge >= 0.3 is 5.91 Å². The van der Waals surface area contributed by atoms with Gasteiger partial charge in [-0.25, -0.2) is 0 Å². The number of amides is 1. The Bertz CT molecular complexity index is 1540. The molecule has 2 aliphatic rings. The fourth-order valence-electron chi connectivity index (χ4n) is 3.99. The van der Waals surface area contributed by atoms with Crippen molar-refractivity contribution in [1.82, 2.24) is 4.98 Å². The Kier molecular flexibility index (Phi) is 4.13. The third kappa shape index (κ3) is 2.57. The molecule has 144 valence electrons. The highest BCUT2D eigenvalue weighted by Gasteiger charge is 2.22. The molecule has 0 saturated carbocycles. The third-order valence-electron chi connectivity index (χ3n) is 5.20. The predicted molar refractivity (Wildman–Crippen MR) is 114 cm³/mol. The number of carbonyl (C=O) groups excluding carboxylic acids is 1. The minimum Gasteiger partial charge on any atom is -0.497 e. The average Bonchev–Trinajstić information content (AvgIpc) is 3.09. The number of hydrogen-bond acceptors (Lipinski definition) is 3. The van der Waals surface area contributed by atoms with Gasteiger partial charge in [-0.3, -0.25) is 4.79 Å². The summed E-state index contributed by atoms with van der Waals surface area (Å²) in [7, 11) is 3.29. The molecule has 29 heavy (non-hydrogen) atoms. The summed E-state index contributed by atoms with van der Waals surface area (Å²) < 4.78 is 12.8. The average molecular weight is 451 g/mol. The lowest BCUT2D eigenvalue weighted by Crippen LogP contribution is -2.24. The summed E-state index contributed by atoms with van der Waals surface area (Å²) in [6.45, 7) is 0. The van der Waals surface area contributed by atoms with Crippen LogP contribution in [-0.2, 0) is 4.79 Å². The molecule has 0 bridgehead atoms. The monoisotopic (exact) mass is 450 g/mol. The number of nitrogens with zero attached hydrogens (tertiary/aromatic N) is 2. The van der Waals surface area contributed by atoms with E-state index in [0.717, 1.165) is 49.0 Å². The van der Waals surface area contributed by atoms with Gasteiger partial charge in [0.1, 0.15) is 22.4 Å². The molecule has 0 fully saturated rings. The summed E-state index contributed by atoms with van der Waals surface area (Å²) in [6.07, 6.45) is 0. The highest BCUT2D eigenvalue weighted by atomic mass is 79.9. The van der Waals surface area contributed by atoms with Crippen LogP contribution < -0.4 is 13.8 Å². The van der Waals surface area contributed by atoms with E-state index >= 15 is 0 Å². The largest absolute Gasteiger partial charge is 0.497 e. The number of fused-ring (bicyclic) bond motifs is 3. The Morgan fingerprint density at radius 2 is 1.97 bits per heavy atom. The van der Waals surface area contributed by atoms with Crippen molar-refractivity contribution in [2.45, 2.75) is 0 Å². The van der Waals surface area contributed by atoms with Crippen molar-refractivity contribution < 1.29 is 18.6 Å². The number of hydrogen-bond donors (Lipinski definition) is 1. The predicted octanol–water partition coefficient (Wildman–Crippen LogP) is 4.18. The van der Waals surface area contributed by atoms with Crippen LogP contribution in [0, 0.1) is 10.7 Å². The number of aromatic nitrogens is 2. The van der Waals surface area contributed by atoms with Gasteiger partial charge in [0.2, 0.25) is 0 Å². The van der Waals surface area contributed by atoms with Crippen molar-refractivity contribution >= 4 is 54.4 Å². The normalized spacial score (nSPS) is 12.4. The van der Waals surface area contributed by atoms with Crippen LogP contribution in [0.4, 0.5) is 0 Å². The van der Waals surface area contributed by atoms with Crippen molar-refractivity contribution in [2.24, 2.45) is 5.11 Å². The number of ether oxygens (including phenoxy) is 2. The second kappa shape index (κ2) is 6.70. The fourth-order valence-corrected chi connectivity index (χ4v) is 4.11. The minimum absolute atomic E-state index is 0.144. The molecule has 0 radical (unpaired) electrons. The van der Waals surface area contributed by atoms with Crippen molar-refractivity contribution in [3.05, 3.63) is 59.2 Å². The topological polar surface area (TPSA) is 69.6 Å². The zero-order valence-corrected chi connectivity index (χ0v) is 17.4. The van der Waals surface area contributed by atoms with Gasteiger partial charge in [-0.05, 0) is 27.9 Å². The highest BCUT2D eigenvalue weighted by molar-refractivity contribution is 9.09. The quantitative estimate of drug-likeness (QED) is 0.331. The van der Waals surface area contributed by atoms with Gasteiger partial charge in [0.05, 0.1) is 30.3 Å². The molecule has 3 aromatic carbocycles. The lowest BCUT2D eigenvalue weighted by Gasteiger charge is -2.04. The van der Waals surface area contributed by atoms with Gasteiger partial charge in [-0.1, -0.05) is 34.1 Å². The van der Waals surface area contributed by atoms with Crippen LogP contribution in [0.25, 0.3) is 32.6 Å². The molecule has 0 unspecified atom stereocenters. The molecule has 1 heterocycles. The van der Waals surface area contributed by atoms with E-state index in [0.29, 0.717) is 5.75 Å². The van der Waals surface area contributed by atoms with Gasteiger partial charge in [-0.2, -0.15) is 0 Å². The number of halogens is 1. The second-order valence-electron chi connectivity index (χ2n) is 6.72. The first-order chi connectivity index (χ1) is 14.2. The molecule has 0 aromatic heterocycles. The molecule has 6 nitrogen and oxygen atoms in total. The number of rotatable bonds is 3. The summed E-state index contributed by atoms with van der Waals surface area (Å²) in [6, 6.07) is 15.8. The van der Waals surface area contributed by atoms with Crippen molar-refractivity contribution in [3.8, 4) is 11.5 Å². The first-order valence-corrected chi connectivity index (χ1v) is 10.2. The first-order valence-electron chi connectivity index (χ1n) is 9.06. The van der Waals surface area contributed by atoms with Gasteiger partial charge < -0.3 is 14.5 Å². The summed E-state index contributed by atoms with van der Waals surface area (Å²) in [4.78, 5) is 15.8.